The Bertz CT molecular complexity index is 748. The van der Waals surface area contributed by atoms with E-state index in [4.69, 9.17) is 23.2 Å². The molecule has 0 spiro atoms. The normalized spacial score (nSPS) is 17.4. The summed E-state index contributed by atoms with van der Waals surface area (Å²) in [5.41, 5.74) is 2.95. The van der Waals surface area contributed by atoms with Crippen LogP contribution < -0.4 is 5.32 Å². The molecule has 2 aromatic rings. The first kappa shape index (κ1) is 17.3. The van der Waals surface area contributed by atoms with Gasteiger partial charge >= 0.3 is 0 Å². The molecule has 1 atom stereocenters. The maximum atomic E-state index is 12.5. The van der Waals surface area contributed by atoms with Gasteiger partial charge < -0.3 is 5.32 Å². The van der Waals surface area contributed by atoms with E-state index in [1.54, 1.807) is 0 Å². The minimum atomic E-state index is -0.103. The van der Waals surface area contributed by atoms with Crippen LogP contribution in [0.2, 0.25) is 10.0 Å². The molecule has 126 valence electrons. The predicted octanol–water partition coefficient (Wildman–Crippen LogP) is 4.77. The van der Waals surface area contributed by atoms with Gasteiger partial charge in [0.1, 0.15) is 0 Å². The molecule has 1 amide bonds. The fraction of sp³-hybridized carbons (Fsp3) is 0.316. The van der Waals surface area contributed by atoms with Gasteiger partial charge in [-0.1, -0.05) is 48.3 Å². The molecule has 0 bridgehead atoms. The molecule has 0 aliphatic carbocycles. The maximum Gasteiger partial charge on any atom is 0.241 e. The number of anilines is 1. The molecule has 3 rings (SSSR count). The Labute approximate surface area is 152 Å². The van der Waals surface area contributed by atoms with Gasteiger partial charge in [0.2, 0.25) is 5.91 Å². The van der Waals surface area contributed by atoms with E-state index in [1.165, 1.54) is 0 Å². The highest BCUT2D eigenvalue weighted by Crippen LogP contribution is 2.25. The largest absolute Gasteiger partial charge is 0.325 e. The molecular weight excluding hydrogens is 343 g/mol. The first-order valence-electron chi connectivity index (χ1n) is 8.14. The van der Waals surface area contributed by atoms with Crippen LogP contribution in [-0.2, 0) is 17.8 Å². The lowest BCUT2D eigenvalue weighted by Crippen LogP contribution is -2.53. The molecule has 1 aliphatic rings. The average molecular weight is 363 g/mol. The second kappa shape index (κ2) is 7.56. The van der Waals surface area contributed by atoms with Gasteiger partial charge in [0, 0.05) is 28.8 Å². The quantitative estimate of drug-likeness (QED) is 0.830. The fourth-order valence-electron chi connectivity index (χ4n) is 2.93. The Kier molecular flexibility index (Phi) is 5.44. The van der Waals surface area contributed by atoms with Gasteiger partial charge in [0.15, 0.2) is 0 Å². The highest BCUT2D eigenvalue weighted by atomic mass is 35.5. The van der Waals surface area contributed by atoms with Crippen LogP contribution in [0.15, 0.2) is 42.5 Å². The van der Waals surface area contributed by atoms with Crippen LogP contribution in [0.4, 0.5) is 5.69 Å². The molecule has 0 unspecified atom stereocenters. The zero-order chi connectivity index (χ0) is 17.1. The summed E-state index contributed by atoms with van der Waals surface area (Å²) in [4.78, 5) is 14.7. The van der Waals surface area contributed by atoms with Crippen LogP contribution in [0, 0.1) is 0 Å². The summed E-state index contributed by atoms with van der Waals surface area (Å²) in [5, 5.41) is 4.39. The summed E-state index contributed by atoms with van der Waals surface area (Å²) in [5.74, 6) is 0.0172. The highest BCUT2D eigenvalue weighted by molar-refractivity contribution is 6.31. The van der Waals surface area contributed by atoms with E-state index in [0.29, 0.717) is 5.02 Å². The monoisotopic (exact) mass is 362 g/mol. The number of aryl methyl sites for hydroxylation is 1. The molecule has 24 heavy (non-hydrogen) atoms. The zero-order valence-corrected chi connectivity index (χ0v) is 15.1. The van der Waals surface area contributed by atoms with Gasteiger partial charge in [-0.25, -0.2) is 0 Å². The molecule has 5 heteroatoms. The van der Waals surface area contributed by atoms with Crippen molar-refractivity contribution in [3.05, 3.63) is 63.6 Å². The van der Waals surface area contributed by atoms with Crippen molar-refractivity contribution in [2.75, 3.05) is 11.9 Å². The number of carbonyl (C=O) groups is 1. The van der Waals surface area contributed by atoms with Gasteiger partial charge in [0.05, 0.1) is 6.04 Å². The first-order valence-corrected chi connectivity index (χ1v) is 8.90. The van der Waals surface area contributed by atoms with E-state index in [-0.39, 0.29) is 11.9 Å². The van der Waals surface area contributed by atoms with Crippen LogP contribution >= 0.6 is 23.2 Å². The van der Waals surface area contributed by atoms with Gasteiger partial charge in [-0.2, -0.15) is 0 Å². The number of hydrogen-bond acceptors (Lipinski definition) is 2. The number of amides is 1. The number of carbonyl (C=O) groups excluding carboxylic acids is 1. The standard InChI is InChI=1S/C19H20Cl2N2O/c1-2-14-6-7-16(11-17(14)21)22-19(24)18-8-9-23(18)12-13-4-3-5-15(20)10-13/h3-7,10-11,18H,2,8-9,12H2,1H3,(H,22,24)/t18-/m0/s1. The summed E-state index contributed by atoms with van der Waals surface area (Å²) >= 11 is 12.2. The molecule has 2 aromatic carbocycles. The third kappa shape index (κ3) is 3.92. The number of nitrogens with one attached hydrogen (secondary N) is 1. The zero-order valence-electron chi connectivity index (χ0n) is 13.6. The van der Waals surface area contributed by atoms with Crippen molar-refractivity contribution in [3.63, 3.8) is 0 Å². The fourth-order valence-corrected chi connectivity index (χ4v) is 3.46. The Morgan fingerprint density at radius 2 is 2.08 bits per heavy atom. The van der Waals surface area contributed by atoms with E-state index in [9.17, 15) is 4.79 Å². The Hall–Kier alpha value is -1.55. The lowest BCUT2D eigenvalue weighted by molar-refractivity contribution is -0.125. The Morgan fingerprint density at radius 3 is 2.71 bits per heavy atom. The van der Waals surface area contributed by atoms with Gasteiger partial charge in [0.25, 0.3) is 0 Å². The SMILES string of the molecule is CCc1ccc(NC(=O)[C@@H]2CCN2Cc2cccc(Cl)c2)cc1Cl. The average Bonchev–Trinajstić information content (AvgIpc) is 2.52. The molecule has 1 N–H and O–H groups in total. The second-order valence-corrected chi connectivity index (χ2v) is 6.90. The molecule has 1 saturated heterocycles. The molecule has 3 nitrogen and oxygen atoms in total. The summed E-state index contributed by atoms with van der Waals surface area (Å²) in [7, 11) is 0. The molecule has 0 aromatic heterocycles. The van der Waals surface area contributed by atoms with Crippen LogP contribution in [0.25, 0.3) is 0 Å². The number of benzene rings is 2. The summed E-state index contributed by atoms with van der Waals surface area (Å²) < 4.78 is 0. The van der Waals surface area contributed by atoms with Gasteiger partial charge in [-0.05, 0) is 48.2 Å². The van der Waals surface area contributed by atoms with Crippen molar-refractivity contribution in [1.29, 1.82) is 0 Å². The molecule has 0 radical (unpaired) electrons. The minimum absolute atomic E-state index is 0.0172. The third-order valence-corrected chi connectivity index (χ3v) is 5.00. The number of likely N-dealkylation sites (tertiary alicyclic amines) is 1. The van der Waals surface area contributed by atoms with Crippen molar-refractivity contribution in [3.8, 4) is 0 Å². The number of rotatable bonds is 5. The van der Waals surface area contributed by atoms with Gasteiger partial charge in [-0.3, -0.25) is 9.69 Å². The van der Waals surface area contributed by atoms with E-state index >= 15 is 0 Å². The number of halogens is 2. The summed E-state index contributed by atoms with van der Waals surface area (Å²) in [6, 6.07) is 13.3. The third-order valence-electron chi connectivity index (χ3n) is 4.41. The summed E-state index contributed by atoms with van der Waals surface area (Å²) in [6.45, 7) is 3.70. The Morgan fingerprint density at radius 1 is 1.25 bits per heavy atom. The number of nitrogens with zero attached hydrogens (tertiary/aromatic N) is 1. The predicted molar refractivity (Wildman–Crippen MR) is 99.7 cm³/mol. The molecule has 1 aliphatic heterocycles. The van der Waals surface area contributed by atoms with Crippen LogP contribution in [0.1, 0.15) is 24.5 Å². The maximum absolute atomic E-state index is 12.5. The molecule has 0 saturated carbocycles. The second-order valence-electron chi connectivity index (χ2n) is 6.05. The van der Waals surface area contributed by atoms with E-state index in [0.717, 1.165) is 47.8 Å². The first-order chi connectivity index (χ1) is 11.6. The van der Waals surface area contributed by atoms with Crippen molar-refractivity contribution in [2.24, 2.45) is 0 Å². The lowest BCUT2D eigenvalue weighted by Gasteiger charge is -2.39. The Balaban J connectivity index is 1.62. The topological polar surface area (TPSA) is 32.3 Å². The van der Waals surface area contributed by atoms with Crippen molar-refractivity contribution >= 4 is 34.8 Å². The van der Waals surface area contributed by atoms with Crippen LogP contribution in [0.5, 0.6) is 0 Å². The highest BCUT2D eigenvalue weighted by Gasteiger charge is 2.34. The minimum Gasteiger partial charge on any atom is -0.325 e. The number of hydrogen-bond donors (Lipinski definition) is 1. The summed E-state index contributed by atoms with van der Waals surface area (Å²) in [6.07, 6.45) is 1.75. The smallest absolute Gasteiger partial charge is 0.241 e. The van der Waals surface area contributed by atoms with Crippen molar-refractivity contribution in [2.45, 2.75) is 32.4 Å². The van der Waals surface area contributed by atoms with E-state index in [2.05, 4.69) is 17.1 Å². The van der Waals surface area contributed by atoms with Crippen LogP contribution in [0.3, 0.4) is 0 Å². The lowest BCUT2D eigenvalue weighted by atomic mass is 10.0. The van der Waals surface area contributed by atoms with Crippen molar-refractivity contribution < 1.29 is 4.79 Å². The van der Waals surface area contributed by atoms with Crippen LogP contribution in [-0.4, -0.2) is 23.4 Å². The van der Waals surface area contributed by atoms with E-state index in [1.807, 2.05) is 42.5 Å². The van der Waals surface area contributed by atoms with E-state index < -0.39 is 0 Å². The molecule has 1 heterocycles. The van der Waals surface area contributed by atoms with Gasteiger partial charge in [-0.15, -0.1) is 0 Å². The molecular formula is C19H20Cl2N2O. The van der Waals surface area contributed by atoms with Crippen molar-refractivity contribution in [1.82, 2.24) is 4.90 Å². The molecule has 1 fully saturated rings.